The van der Waals surface area contributed by atoms with Gasteiger partial charge in [-0.2, -0.15) is 0 Å². The Kier molecular flexibility index (Phi) is 8.05. The van der Waals surface area contributed by atoms with E-state index in [9.17, 15) is 9.59 Å². The molecule has 116 valence electrons. The van der Waals surface area contributed by atoms with E-state index in [2.05, 4.69) is 0 Å². The standard InChI is InChI=1S/2C9H10O2/c2*1-2-11-9(10)8-6-4-3-5-7-8/h2*3-7H,2H2,1H3. The Morgan fingerprint density at radius 2 is 1.00 bits per heavy atom. The van der Waals surface area contributed by atoms with E-state index in [0.717, 1.165) is 0 Å². The van der Waals surface area contributed by atoms with Crippen LogP contribution in [0.25, 0.3) is 0 Å². The van der Waals surface area contributed by atoms with E-state index in [-0.39, 0.29) is 11.9 Å². The Morgan fingerprint density at radius 1 is 0.682 bits per heavy atom. The largest absolute Gasteiger partial charge is 0.462 e. The molecule has 0 aliphatic rings. The van der Waals surface area contributed by atoms with Crippen molar-refractivity contribution >= 4 is 11.9 Å². The maximum Gasteiger partial charge on any atom is 0.338 e. The molecule has 2 aromatic rings. The van der Waals surface area contributed by atoms with Gasteiger partial charge in [0.2, 0.25) is 0 Å². The Morgan fingerprint density at radius 3 is 1.27 bits per heavy atom. The molecule has 0 aromatic heterocycles. The van der Waals surface area contributed by atoms with Crippen LogP contribution in [0.2, 0.25) is 0 Å². The third-order valence-electron chi connectivity index (χ3n) is 2.57. The molecule has 0 atom stereocenters. The van der Waals surface area contributed by atoms with Crippen LogP contribution in [-0.2, 0) is 9.47 Å². The third kappa shape index (κ3) is 6.22. The van der Waals surface area contributed by atoms with Crippen LogP contribution in [0, 0.1) is 0 Å². The van der Waals surface area contributed by atoms with Crippen molar-refractivity contribution in [1.82, 2.24) is 0 Å². The maximum atomic E-state index is 11.0. The predicted octanol–water partition coefficient (Wildman–Crippen LogP) is 3.73. The smallest absolute Gasteiger partial charge is 0.338 e. The molecule has 4 heteroatoms. The number of esters is 2. The van der Waals surface area contributed by atoms with Crippen molar-refractivity contribution in [3.05, 3.63) is 71.8 Å². The van der Waals surface area contributed by atoms with Crippen LogP contribution in [0.1, 0.15) is 34.6 Å². The molecule has 0 radical (unpaired) electrons. The lowest BCUT2D eigenvalue weighted by Crippen LogP contribution is -2.03. The van der Waals surface area contributed by atoms with Gasteiger partial charge in [-0.05, 0) is 38.1 Å². The number of hydrogen-bond acceptors (Lipinski definition) is 4. The van der Waals surface area contributed by atoms with Crippen molar-refractivity contribution in [1.29, 1.82) is 0 Å². The predicted molar refractivity (Wildman–Crippen MR) is 84.8 cm³/mol. The summed E-state index contributed by atoms with van der Waals surface area (Å²) in [6.07, 6.45) is 0. The second kappa shape index (κ2) is 10.2. The number of carbonyl (C=O) groups excluding carboxylic acids is 2. The summed E-state index contributed by atoms with van der Waals surface area (Å²) < 4.78 is 9.58. The normalized spacial score (nSPS) is 9.18. The van der Waals surface area contributed by atoms with Crippen LogP contribution < -0.4 is 0 Å². The lowest BCUT2D eigenvalue weighted by atomic mass is 10.2. The zero-order valence-corrected chi connectivity index (χ0v) is 12.8. The number of carbonyl (C=O) groups is 2. The van der Waals surface area contributed by atoms with Crippen LogP contribution in [-0.4, -0.2) is 25.2 Å². The number of benzene rings is 2. The van der Waals surface area contributed by atoms with Gasteiger partial charge in [-0.25, -0.2) is 9.59 Å². The van der Waals surface area contributed by atoms with Crippen molar-refractivity contribution in [3.63, 3.8) is 0 Å². The van der Waals surface area contributed by atoms with Gasteiger partial charge in [0.15, 0.2) is 0 Å². The fourth-order valence-electron chi connectivity index (χ4n) is 1.58. The Balaban J connectivity index is 0.000000220. The topological polar surface area (TPSA) is 52.6 Å². The molecule has 0 N–H and O–H groups in total. The van der Waals surface area contributed by atoms with E-state index >= 15 is 0 Å². The first-order chi connectivity index (χ1) is 10.7. The summed E-state index contributed by atoms with van der Waals surface area (Å²) in [5, 5.41) is 0. The average Bonchev–Trinajstić information content (AvgIpc) is 2.57. The minimum absolute atomic E-state index is 0.256. The molecule has 0 fully saturated rings. The molecule has 0 saturated carbocycles. The van der Waals surface area contributed by atoms with Gasteiger partial charge < -0.3 is 9.47 Å². The van der Waals surface area contributed by atoms with E-state index in [1.165, 1.54) is 0 Å². The summed E-state index contributed by atoms with van der Waals surface area (Å²) in [6, 6.07) is 17.9. The summed E-state index contributed by atoms with van der Waals surface area (Å²) in [5.74, 6) is -0.513. The van der Waals surface area contributed by atoms with Gasteiger partial charge in [0.25, 0.3) is 0 Å². The summed E-state index contributed by atoms with van der Waals surface area (Å²) >= 11 is 0. The number of rotatable bonds is 4. The number of ether oxygens (including phenoxy) is 2. The molecule has 0 heterocycles. The van der Waals surface area contributed by atoms with Gasteiger partial charge in [-0.1, -0.05) is 36.4 Å². The third-order valence-corrected chi connectivity index (χ3v) is 2.57. The van der Waals surface area contributed by atoms with Crippen LogP contribution in [0.3, 0.4) is 0 Å². The van der Waals surface area contributed by atoms with Crippen molar-refractivity contribution in [2.45, 2.75) is 13.8 Å². The van der Waals surface area contributed by atoms with Gasteiger partial charge in [0.1, 0.15) is 0 Å². The van der Waals surface area contributed by atoms with E-state index in [1.807, 2.05) is 36.4 Å². The molecule has 4 nitrogen and oxygen atoms in total. The Bertz CT molecular complexity index is 511. The molecule has 0 bridgehead atoms. The summed E-state index contributed by atoms with van der Waals surface area (Å²) in [5.41, 5.74) is 1.21. The molecule has 0 aliphatic heterocycles. The van der Waals surface area contributed by atoms with Crippen LogP contribution in [0.4, 0.5) is 0 Å². The highest BCUT2D eigenvalue weighted by Gasteiger charge is 2.03. The lowest BCUT2D eigenvalue weighted by Gasteiger charge is -1.99. The van der Waals surface area contributed by atoms with Gasteiger partial charge in [-0.3, -0.25) is 0 Å². The summed E-state index contributed by atoms with van der Waals surface area (Å²) in [6.45, 7) is 4.43. The molecule has 0 saturated heterocycles. The van der Waals surface area contributed by atoms with Gasteiger partial charge in [-0.15, -0.1) is 0 Å². The first-order valence-electron chi connectivity index (χ1n) is 7.13. The van der Waals surface area contributed by atoms with E-state index in [4.69, 9.17) is 9.47 Å². The molecular weight excluding hydrogens is 280 g/mol. The van der Waals surface area contributed by atoms with E-state index in [1.54, 1.807) is 38.1 Å². The summed E-state index contributed by atoms with van der Waals surface area (Å²) in [4.78, 5) is 22.0. The molecular formula is C18H20O4. The maximum absolute atomic E-state index is 11.0. The summed E-state index contributed by atoms with van der Waals surface area (Å²) in [7, 11) is 0. The first kappa shape index (κ1) is 17.4. The van der Waals surface area contributed by atoms with E-state index < -0.39 is 0 Å². The van der Waals surface area contributed by atoms with E-state index in [0.29, 0.717) is 24.3 Å². The van der Waals surface area contributed by atoms with Crippen molar-refractivity contribution < 1.29 is 19.1 Å². The first-order valence-corrected chi connectivity index (χ1v) is 7.13. The van der Waals surface area contributed by atoms with Crippen molar-refractivity contribution in [3.8, 4) is 0 Å². The minimum Gasteiger partial charge on any atom is -0.462 e. The highest BCUT2D eigenvalue weighted by atomic mass is 16.5. The van der Waals surface area contributed by atoms with Gasteiger partial charge in [0, 0.05) is 0 Å². The zero-order valence-electron chi connectivity index (χ0n) is 12.8. The molecule has 0 spiro atoms. The lowest BCUT2D eigenvalue weighted by molar-refractivity contribution is 0.0517. The van der Waals surface area contributed by atoms with Crippen LogP contribution in [0.5, 0.6) is 0 Å². The average molecular weight is 300 g/mol. The second-order valence-electron chi connectivity index (χ2n) is 4.17. The fourth-order valence-corrected chi connectivity index (χ4v) is 1.58. The number of hydrogen-bond donors (Lipinski definition) is 0. The fraction of sp³-hybridized carbons (Fsp3) is 0.222. The minimum atomic E-state index is -0.256. The van der Waals surface area contributed by atoms with Crippen LogP contribution in [0.15, 0.2) is 60.7 Å². The quantitative estimate of drug-likeness (QED) is 0.807. The SMILES string of the molecule is CCOC(=O)c1ccccc1.CCOC(=O)c1ccccc1. The van der Waals surface area contributed by atoms with Crippen molar-refractivity contribution in [2.24, 2.45) is 0 Å². The molecule has 22 heavy (non-hydrogen) atoms. The van der Waals surface area contributed by atoms with Gasteiger partial charge >= 0.3 is 11.9 Å². The molecule has 0 amide bonds. The zero-order chi connectivity index (χ0) is 16.2. The Hall–Kier alpha value is -2.62. The highest BCUT2D eigenvalue weighted by molar-refractivity contribution is 5.89. The molecule has 2 aromatic carbocycles. The van der Waals surface area contributed by atoms with Gasteiger partial charge in [0.05, 0.1) is 24.3 Å². The highest BCUT2D eigenvalue weighted by Crippen LogP contribution is 2.00. The van der Waals surface area contributed by atoms with Crippen molar-refractivity contribution in [2.75, 3.05) is 13.2 Å². The molecule has 0 unspecified atom stereocenters. The second-order valence-corrected chi connectivity index (χ2v) is 4.17. The Labute approximate surface area is 130 Å². The molecule has 2 rings (SSSR count). The van der Waals surface area contributed by atoms with Crippen LogP contribution >= 0.6 is 0 Å². The molecule has 0 aliphatic carbocycles. The monoisotopic (exact) mass is 300 g/mol.